The summed E-state index contributed by atoms with van der Waals surface area (Å²) in [6, 6.07) is 16.0. The Morgan fingerprint density at radius 2 is 1.53 bits per heavy atom. The van der Waals surface area contributed by atoms with Gasteiger partial charge in [0.15, 0.2) is 0 Å². The Labute approximate surface area is 236 Å². The van der Waals surface area contributed by atoms with Crippen molar-refractivity contribution in [1.29, 1.82) is 0 Å². The maximum absolute atomic E-state index is 13.8. The van der Waals surface area contributed by atoms with Gasteiger partial charge in [-0.2, -0.15) is 0 Å². The fourth-order valence-electron chi connectivity index (χ4n) is 3.81. The minimum absolute atomic E-state index is 0.0325. The van der Waals surface area contributed by atoms with E-state index in [0.717, 1.165) is 16.1 Å². The van der Waals surface area contributed by atoms with Gasteiger partial charge in [0.1, 0.15) is 18.4 Å². The second kappa shape index (κ2) is 12.8. The molecule has 0 heterocycles. The van der Waals surface area contributed by atoms with Crippen LogP contribution in [0.4, 0.5) is 10.1 Å². The van der Waals surface area contributed by atoms with Crippen LogP contribution in [0.2, 0.25) is 15.1 Å². The predicted molar refractivity (Wildman–Crippen MR) is 149 cm³/mol. The monoisotopic (exact) mass is 599 g/mol. The molecule has 0 spiro atoms. The van der Waals surface area contributed by atoms with Crippen LogP contribution in [-0.2, 0) is 32.6 Å². The maximum atomic E-state index is 13.8. The zero-order chi connectivity index (χ0) is 28.0. The number of nitrogens with zero attached hydrogens (tertiary/aromatic N) is 2. The summed E-state index contributed by atoms with van der Waals surface area (Å²) in [7, 11) is -2.59. The molecule has 1 unspecified atom stereocenters. The third-order valence-electron chi connectivity index (χ3n) is 5.72. The Hall–Kier alpha value is -2.85. The number of hydrogen-bond donors (Lipinski definition) is 1. The van der Waals surface area contributed by atoms with Crippen LogP contribution in [0, 0.1) is 5.82 Å². The molecule has 1 atom stereocenters. The number of halogens is 4. The molecule has 3 rings (SSSR count). The van der Waals surface area contributed by atoms with E-state index in [-0.39, 0.29) is 33.7 Å². The summed E-state index contributed by atoms with van der Waals surface area (Å²) in [4.78, 5) is 28.1. The van der Waals surface area contributed by atoms with Gasteiger partial charge in [-0.25, -0.2) is 12.8 Å². The highest BCUT2D eigenvalue weighted by Gasteiger charge is 2.33. The van der Waals surface area contributed by atoms with Gasteiger partial charge in [0.2, 0.25) is 21.8 Å². The zero-order valence-corrected chi connectivity index (χ0v) is 23.6. The Kier molecular flexibility index (Phi) is 10.0. The van der Waals surface area contributed by atoms with Crippen molar-refractivity contribution >= 4 is 62.3 Å². The molecule has 0 radical (unpaired) electrons. The van der Waals surface area contributed by atoms with E-state index in [9.17, 15) is 22.4 Å². The van der Waals surface area contributed by atoms with Gasteiger partial charge < -0.3 is 10.2 Å². The van der Waals surface area contributed by atoms with Crippen LogP contribution in [0.3, 0.4) is 0 Å². The fourth-order valence-corrected chi connectivity index (χ4v) is 5.35. The van der Waals surface area contributed by atoms with Gasteiger partial charge in [0, 0.05) is 20.0 Å². The lowest BCUT2D eigenvalue weighted by Gasteiger charge is -2.33. The summed E-state index contributed by atoms with van der Waals surface area (Å²) in [6.45, 7) is -0.767. The van der Waals surface area contributed by atoms with Crippen molar-refractivity contribution in [2.45, 2.75) is 19.0 Å². The molecule has 0 bridgehead atoms. The lowest BCUT2D eigenvalue weighted by molar-refractivity contribution is -0.139. The topological polar surface area (TPSA) is 86.8 Å². The minimum Gasteiger partial charge on any atom is -0.357 e. The number of benzene rings is 3. The quantitative estimate of drug-likeness (QED) is 0.334. The molecule has 0 fully saturated rings. The third-order valence-corrected chi connectivity index (χ3v) is 7.87. The van der Waals surface area contributed by atoms with Gasteiger partial charge in [0.25, 0.3) is 0 Å². The molecule has 7 nitrogen and oxygen atoms in total. The largest absolute Gasteiger partial charge is 0.357 e. The molecule has 1 N–H and O–H groups in total. The summed E-state index contributed by atoms with van der Waals surface area (Å²) in [5, 5.41) is 2.70. The van der Waals surface area contributed by atoms with Crippen LogP contribution >= 0.6 is 34.8 Å². The van der Waals surface area contributed by atoms with Crippen molar-refractivity contribution in [2.75, 3.05) is 24.2 Å². The van der Waals surface area contributed by atoms with Gasteiger partial charge in [-0.1, -0.05) is 77.3 Å². The van der Waals surface area contributed by atoms with Gasteiger partial charge in [-0.05, 0) is 35.4 Å². The fraction of sp³-hybridized carbons (Fsp3) is 0.231. The van der Waals surface area contributed by atoms with E-state index in [4.69, 9.17) is 34.8 Å². The third kappa shape index (κ3) is 7.60. The zero-order valence-electron chi connectivity index (χ0n) is 20.5. The van der Waals surface area contributed by atoms with E-state index in [1.807, 2.05) is 18.2 Å². The van der Waals surface area contributed by atoms with Crippen molar-refractivity contribution in [2.24, 2.45) is 0 Å². The Morgan fingerprint density at radius 1 is 0.921 bits per heavy atom. The van der Waals surface area contributed by atoms with E-state index < -0.39 is 40.2 Å². The van der Waals surface area contributed by atoms with E-state index in [1.54, 1.807) is 12.1 Å². The molecule has 12 heteroatoms. The van der Waals surface area contributed by atoms with Crippen molar-refractivity contribution < 1.29 is 22.4 Å². The molecule has 0 aliphatic rings. The standard InChI is InChI=1S/C26H25Cl3FN3O4S/c1-31-26(35)24(12-17-6-4-3-5-7-17)32(15-18-8-10-19(30)11-9-18)25(34)16-33(38(2,36)37)23-14-21(28)20(27)13-22(23)29/h3-11,13-14,24H,12,15-16H2,1-2H3,(H,31,35). The molecule has 0 saturated carbocycles. The molecule has 3 aromatic rings. The first-order valence-electron chi connectivity index (χ1n) is 11.3. The number of likely N-dealkylation sites (N-methyl/N-ethyl adjacent to an activating group) is 1. The highest BCUT2D eigenvalue weighted by atomic mass is 35.5. The van der Waals surface area contributed by atoms with E-state index in [1.165, 1.54) is 48.3 Å². The second-order valence-electron chi connectivity index (χ2n) is 8.46. The van der Waals surface area contributed by atoms with Gasteiger partial charge in [-0.3, -0.25) is 13.9 Å². The molecule has 0 aliphatic carbocycles. The molecule has 3 aromatic carbocycles. The second-order valence-corrected chi connectivity index (χ2v) is 11.6. The molecule has 202 valence electrons. The summed E-state index contributed by atoms with van der Waals surface area (Å²) < 4.78 is 39.9. The average Bonchev–Trinajstić information content (AvgIpc) is 2.87. The van der Waals surface area contributed by atoms with Crippen LogP contribution in [0.1, 0.15) is 11.1 Å². The Morgan fingerprint density at radius 3 is 2.11 bits per heavy atom. The average molecular weight is 601 g/mol. The van der Waals surface area contributed by atoms with Crippen LogP contribution in [0.25, 0.3) is 0 Å². The van der Waals surface area contributed by atoms with Crippen LogP contribution in [-0.4, -0.2) is 51.0 Å². The SMILES string of the molecule is CNC(=O)C(Cc1ccccc1)N(Cc1ccc(F)cc1)C(=O)CN(c1cc(Cl)c(Cl)cc1Cl)S(C)(=O)=O. The summed E-state index contributed by atoms with van der Waals surface area (Å²) in [5.41, 5.74) is 1.28. The van der Waals surface area contributed by atoms with Crippen molar-refractivity contribution in [3.05, 3.63) is 98.7 Å². The first kappa shape index (κ1) is 29.7. The normalized spacial score (nSPS) is 12.1. The molecule has 38 heavy (non-hydrogen) atoms. The molecule has 0 aliphatic heterocycles. The van der Waals surface area contributed by atoms with Crippen molar-refractivity contribution in [3.8, 4) is 0 Å². The van der Waals surface area contributed by atoms with E-state index in [0.29, 0.717) is 5.56 Å². The number of rotatable bonds is 10. The first-order chi connectivity index (χ1) is 17.9. The van der Waals surface area contributed by atoms with Crippen molar-refractivity contribution in [3.63, 3.8) is 0 Å². The smallest absolute Gasteiger partial charge is 0.244 e. The number of anilines is 1. The van der Waals surface area contributed by atoms with Crippen molar-refractivity contribution in [1.82, 2.24) is 10.2 Å². The Balaban J connectivity index is 2.06. The lowest BCUT2D eigenvalue weighted by Crippen LogP contribution is -2.52. The van der Waals surface area contributed by atoms with E-state index in [2.05, 4.69) is 5.32 Å². The lowest BCUT2D eigenvalue weighted by atomic mass is 10.0. The highest BCUT2D eigenvalue weighted by molar-refractivity contribution is 7.92. The summed E-state index contributed by atoms with van der Waals surface area (Å²) >= 11 is 18.4. The predicted octanol–water partition coefficient (Wildman–Crippen LogP) is 4.94. The van der Waals surface area contributed by atoms with Crippen LogP contribution in [0.5, 0.6) is 0 Å². The summed E-state index contributed by atoms with van der Waals surface area (Å²) in [6.07, 6.45) is 1.07. The number of carbonyl (C=O) groups is 2. The minimum atomic E-state index is -4.04. The number of carbonyl (C=O) groups excluding carboxylic acids is 2. The maximum Gasteiger partial charge on any atom is 0.244 e. The summed E-state index contributed by atoms with van der Waals surface area (Å²) in [5.74, 6) is -1.61. The first-order valence-corrected chi connectivity index (χ1v) is 14.3. The number of amides is 2. The van der Waals surface area contributed by atoms with Crippen LogP contribution < -0.4 is 9.62 Å². The number of nitrogens with one attached hydrogen (secondary N) is 1. The Bertz CT molecular complexity index is 1410. The van der Waals surface area contributed by atoms with Crippen LogP contribution in [0.15, 0.2) is 66.7 Å². The highest BCUT2D eigenvalue weighted by Crippen LogP contribution is 2.35. The molecular formula is C26H25Cl3FN3O4S. The number of sulfonamides is 1. The molecule has 0 saturated heterocycles. The van der Waals surface area contributed by atoms with Gasteiger partial charge >= 0.3 is 0 Å². The number of hydrogen-bond acceptors (Lipinski definition) is 4. The molecular weight excluding hydrogens is 576 g/mol. The van der Waals surface area contributed by atoms with Gasteiger partial charge in [0.05, 0.1) is 27.0 Å². The molecule has 0 aromatic heterocycles. The van der Waals surface area contributed by atoms with E-state index >= 15 is 0 Å². The molecule has 2 amide bonds. The van der Waals surface area contributed by atoms with Gasteiger partial charge in [-0.15, -0.1) is 0 Å².